The van der Waals surface area contributed by atoms with Crippen LogP contribution in [0, 0.1) is 0 Å². The molecule has 0 radical (unpaired) electrons. The smallest absolute Gasteiger partial charge is 0.223 e. The van der Waals surface area contributed by atoms with Crippen molar-refractivity contribution in [3.63, 3.8) is 0 Å². The van der Waals surface area contributed by atoms with E-state index in [1.807, 2.05) is 0 Å². The van der Waals surface area contributed by atoms with Gasteiger partial charge in [0.15, 0.2) is 0 Å². The monoisotopic (exact) mass is 447 g/mol. The highest BCUT2D eigenvalue weighted by atomic mass is 16.2. The lowest BCUT2D eigenvalue weighted by atomic mass is 10.0. The Morgan fingerprint density at radius 1 is 0.939 bits per heavy atom. The molecule has 2 aromatic rings. The first-order chi connectivity index (χ1) is 16.2. The largest absolute Gasteiger partial charge is 0.335 e. The predicted molar refractivity (Wildman–Crippen MR) is 137 cm³/mol. The summed E-state index contributed by atoms with van der Waals surface area (Å²) in [5.74, 6) is 0.345. The number of amides is 1. The SMILES string of the molecule is CCCCCCCC(=O)N(Cc1cccc(-c2cccc(CN3CCNCC3)c2)c1)C1CC1. The van der Waals surface area contributed by atoms with E-state index in [2.05, 4.69) is 70.6 Å². The molecule has 1 saturated carbocycles. The number of rotatable bonds is 12. The molecule has 0 unspecified atom stereocenters. The number of benzene rings is 2. The zero-order valence-electron chi connectivity index (χ0n) is 20.4. The van der Waals surface area contributed by atoms with Gasteiger partial charge in [0, 0.05) is 51.7 Å². The number of carbonyl (C=O) groups excluding carboxylic acids is 1. The Kier molecular flexibility index (Phi) is 8.96. The van der Waals surface area contributed by atoms with Gasteiger partial charge in [0.25, 0.3) is 0 Å². The van der Waals surface area contributed by atoms with Crippen LogP contribution in [-0.2, 0) is 17.9 Å². The number of hydrogen-bond acceptors (Lipinski definition) is 3. The molecule has 0 aromatic heterocycles. The van der Waals surface area contributed by atoms with Crippen LogP contribution in [-0.4, -0.2) is 47.9 Å². The highest BCUT2D eigenvalue weighted by Crippen LogP contribution is 2.30. The number of carbonyl (C=O) groups is 1. The number of hydrogen-bond donors (Lipinski definition) is 1. The third-order valence-electron chi connectivity index (χ3n) is 6.96. The van der Waals surface area contributed by atoms with Crippen molar-refractivity contribution in [2.45, 2.75) is 77.4 Å². The van der Waals surface area contributed by atoms with Gasteiger partial charge in [-0.1, -0.05) is 69.0 Å². The summed E-state index contributed by atoms with van der Waals surface area (Å²) >= 11 is 0. The molecule has 2 fully saturated rings. The van der Waals surface area contributed by atoms with Gasteiger partial charge in [-0.25, -0.2) is 0 Å². The molecule has 4 heteroatoms. The quantitative estimate of drug-likeness (QED) is 0.430. The van der Waals surface area contributed by atoms with Crippen molar-refractivity contribution in [2.24, 2.45) is 0 Å². The highest BCUT2D eigenvalue weighted by Gasteiger charge is 2.32. The topological polar surface area (TPSA) is 35.6 Å². The third-order valence-corrected chi connectivity index (χ3v) is 6.96. The van der Waals surface area contributed by atoms with Crippen LogP contribution >= 0.6 is 0 Å². The number of unbranched alkanes of at least 4 members (excludes halogenated alkanes) is 4. The average Bonchev–Trinajstić information content (AvgIpc) is 3.69. The molecule has 0 atom stereocenters. The second-order valence-corrected chi connectivity index (χ2v) is 9.84. The summed E-state index contributed by atoms with van der Waals surface area (Å²) in [6.45, 7) is 8.38. The lowest BCUT2D eigenvalue weighted by Crippen LogP contribution is -2.42. The first-order valence-corrected chi connectivity index (χ1v) is 13.1. The molecular weight excluding hydrogens is 406 g/mol. The van der Waals surface area contributed by atoms with Crippen LogP contribution in [0.25, 0.3) is 11.1 Å². The van der Waals surface area contributed by atoms with E-state index in [1.165, 1.54) is 47.9 Å². The lowest BCUT2D eigenvalue weighted by molar-refractivity contribution is -0.132. The zero-order chi connectivity index (χ0) is 22.9. The summed E-state index contributed by atoms with van der Waals surface area (Å²) in [7, 11) is 0. The normalized spacial score (nSPS) is 16.6. The van der Waals surface area contributed by atoms with E-state index in [-0.39, 0.29) is 0 Å². The molecule has 1 N–H and O–H groups in total. The Hall–Kier alpha value is -2.17. The second-order valence-electron chi connectivity index (χ2n) is 9.84. The fourth-order valence-corrected chi connectivity index (χ4v) is 4.85. The Morgan fingerprint density at radius 3 is 2.30 bits per heavy atom. The fraction of sp³-hybridized carbons (Fsp3) is 0.552. The third kappa shape index (κ3) is 7.41. The molecule has 4 rings (SSSR count). The summed E-state index contributed by atoms with van der Waals surface area (Å²) < 4.78 is 0. The van der Waals surface area contributed by atoms with E-state index in [9.17, 15) is 4.79 Å². The van der Waals surface area contributed by atoms with Gasteiger partial charge in [0.1, 0.15) is 0 Å². The summed E-state index contributed by atoms with van der Waals surface area (Å²) in [5.41, 5.74) is 5.13. The van der Waals surface area contributed by atoms with Gasteiger partial charge < -0.3 is 10.2 Å². The lowest BCUT2D eigenvalue weighted by Gasteiger charge is -2.27. The zero-order valence-corrected chi connectivity index (χ0v) is 20.4. The van der Waals surface area contributed by atoms with Crippen molar-refractivity contribution in [3.05, 3.63) is 59.7 Å². The number of nitrogens with one attached hydrogen (secondary N) is 1. The maximum Gasteiger partial charge on any atom is 0.223 e. The molecule has 33 heavy (non-hydrogen) atoms. The first kappa shape index (κ1) is 24.0. The maximum atomic E-state index is 13.0. The van der Waals surface area contributed by atoms with Crippen LogP contribution in [0.5, 0.6) is 0 Å². The summed E-state index contributed by atoms with van der Waals surface area (Å²) in [4.78, 5) is 17.6. The fourth-order valence-electron chi connectivity index (χ4n) is 4.85. The minimum Gasteiger partial charge on any atom is -0.335 e. The molecule has 1 saturated heterocycles. The van der Waals surface area contributed by atoms with Crippen molar-refractivity contribution in [1.29, 1.82) is 0 Å². The van der Waals surface area contributed by atoms with Crippen molar-refractivity contribution >= 4 is 5.91 Å². The number of nitrogens with zero attached hydrogens (tertiary/aromatic N) is 2. The molecule has 178 valence electrons. The van der Waals surface area contributed by atoms with Crippen LogP contribution in [0.3, 0.4) is 0 Å². The second kappa shape index (κ2) is 12.3. The van der Waals surface area contributed by atoms with Crippen LogP contribution in [0.2, 0.25) is 0 Å². The van der Waals surface area contributed by atoms with Crippen molar-refractivity contribution < 1.29 is 4.79 Å². The van der Waals surface area contributed by atoms with Gasteiger partial charge in [0.05, 0.1) is 0 Å². The van der Waals surface area contributed by atoms with E-state index in [1.54, 1.807) is 0 Å². The van der Waals surface area contributed by atoms with Crippen LogP contribution in [0.15, 0.2) is 48.5 Å². The first-order valence-electron chi connectivity index (χ1n) is 13.1. The summed E-state index contributed by atoms with van der Waals surface area (Å²) in [6, 6.07) is 18.2. The summed E-state index contributed by atoms with van der Waals surface area (Å²) in [5, 5.41) is 3.43. The predicted octanol–water partition coefficient (Wildman–Crippen LogP) is 5.61. The maximum absolute atomic E-state index is 13.0. The van der Waals surface area contributed by atoms with Crippen molar-refractivity contribution in [2.75, 3.05) is 26.2 Å². The van der Waals surface area contributed by atoms with Gasteiger partial charge in [0.2, 0.25) is 5.91 Å². The Morgan fingerprint density at radius 2 is 1.61 bits per heavy atom. The standard InChI is InChI=1S/C29H41N3O/c1-2-3-4-5-6-13-29(33)32(28-14-15-28)23-25-10-8-12-27(21-25)26-11-7-9-24(20-26)22-31-18-16-30-17-19-31/h7-12,20-21,28,30H,2-6,13-19,22-23H2,1H3. The van der Waals surface area contributed by atoms with Crippen LogP contribution in [0.4, 0.5) is 0 Å². The van der Waals surface area contributed by atoms with Gasteiger partial charge in [-0.15, -0.1) is 0 Å². The molecule has 4 nitrogen and oxygen atoms in total. The van der Waals surface area contributed by atoms with Crippen LogP contribution < -0.4 is 5.32 Å². The molecule has 0 bridgehead atoms. The van der Waals surface area contributed by atoms with E-state index >= 15 is 0 Å². The Balaban J connectivity index is 1.38. The van der Waals surface area contributed by atoms with Crippen LogP contribution in [0.1, 0.15) is 69.4 Å². The molecule has 0 spiro atoms. The minimum atomic E-state index is 0.345. The van der Waals surface area contributed by atoms with Crippen molar-refractivity contribution in [3.8, 4) is 11.1 Å². The minimum absolute atomic E-state index is 0.345. The van der Waals surface area contributed by atoms with Crippen molar-refractivity contribution in [1.82, 2.24) is 15.1 Å². The Labute approximate surface area is 200 Å². The molecule has 2 aromatic carbocycles. The molecule has 2 aliphatic rings. The van der Waals surface area contributed by atoms with E-state index in [4.69, 9.17) is 0 Å². The molecule has 1 heterocycles. The van der Waals surface area contributed by atoms with Gasteiger partial charge in [-0.05, 0) is 53.6 Å². The summed E-state index contributed by atoms with van der Waals surface area (Å²) in [6.07, 6.45) is 9.02. The van der Waals surface area contributed by atoms with Gasteiger partial charge >= 0.3 is 0 Å². The Bertz CT molecular complexity index is 886. The van der Waals surface area contributed by atoms with Gasteiger partial charge in [-0.2, -0.15) is 0 Å². The molecular formula is C29H41N3O. The van der Waals surface area contributed by atoms with Gasteiger partial charge in [-0.3, -0.25) is 9.69 Å². The molecule has 1 aliphatic heterocycles. The van der Waals surface area contributed by atoms with E-state index in [0.29, 0.717) is 18.4 Å². The molecule has 1 aliphatic carbocycles. The van der Waals surface area contributed by atoms with E-state index in [0.717, 1.165) is 58.5 Å². The molecule has 1 amide bonds. The highest BCUT2D eigenvalue weighted by molar-refractivity contribution is 5.77. The number of piperazine rings is 1. The average molecular weight is 448 g/mol. The van der Waals surface area contributed by atoms with E-state index < -0.39 is 0 Å².